The first-order chi connectivity index (χ1) is 23.0. The predicted molar refractivity (Wildman–Crippen MR) is 178 cm³/mol. The van der Waals surface area contributed by atoms with Crippen LogP contribution < -0.4 is 9.62 Å². The number of hydrogen-bond acceptors (Lipinski definition) is 6. The first-order valence-electron chi connectivity index (χ1n) is 15.1. The van der Waals surface area contributed by atoms with E-state index in [4.69, 9.17) is 0 Å². The van der Waals surface area contributed by atoms with Crippen molar-refractivity contribution in [2.45, 2.75) is 31.0 Å². The summed E-state index contributed by atoms with van der Waals surface area (Å²) in [6.45, 7) is -0.697. The summed E-state index contributed by atoms with van der Waals surface area (Å²) in [7, 11) is 7.34. The summed E-state index contributed by atoms with van der Waals surface area (Å²) in [5, 5.41) is 20.0. The molecule has 0 aromatic heterocycles. The zero-order valence-corrected chi connectivity index (χ0v) is 29.4. The minimum atomic E-state index is -4.48. The van der Waals surface area contributed by atoms with E-state index < -0.39 is 35.7 Å². The Morgan fingerprint density at radius 1 is 0.653 bits per heavy atom. The fourth-order valence-electron chi connectivity index (χ4n) is 5.45. The van der Waals surface area contributed by atoms with Crippen molar-refractivity contribution in [3.8, 4) is 0 Å². The van der Waals surface area contributed by atoms with Gasteiger partial charge in [-0.05, 0) is 11.1 Å². The van der Waals surface area contributed by atoms with Gasteiger partial charge in [-0.25, -0.2) is 0 Å². The maximum Gasteiger partial charge on any atom is 0.0818 e. The van der Waals surface area contributed by atoms with Gasteiger partial charge in [-0.1, -0.05) is 60.7 Å². The second kappa shape index (κ2) is 16.1. The zero-order valence-electron chi connectivity index (χ0n) is 27.1. The number of aliphatic hydroxyl groups is 2. The van der Waals surface area contributed by atoms with E-state index in [2.05, 4.69) is 6.07 Å². The van der Waals surface area contributed by atoms with E-state index in [1.807, 2.05) is 127 Å². The zero-order chi connectivity index (χ0) is 36.1. The largest absolute Gasteiger partial charge is 0.388 e. The molecule has 4 aromatic carbocycles. The van der Waals surface area contributed by atoms with Crippen LogP contribution in [-0.2, 0) is 31.7 Å². The predicted octanol–water partition coefficient (Wildman–Crippen LogP) is 6.51. The van der Waals surface area contributed by atoms with E-state index in [-0.39, 0.29) is 13.7 Å². The fourth-order valence-corrected chi connectivity index (χ4v) is 6.62. The molecule has 15 heteroatoms. The molecule has 1 saturated heterocycles. The third kappa shape index (κ3) is 9.43. The summed E-state index contributed by atoms with van der Waals surface area (Å²) in [5.74, 6) is 0. The molecular weight excluding hydrogens is 827 g/mol. The van der Waals surface area contributed by atoms with Crippen LogP contribution in [0.5, 0.6) is 0 Å². The molecule has 1 aliphatic rings. The van der Waals surface area contributed by atoms with Crippen LogP contribution in [0.3, 0.4) is 0 Å². The number of hydrogen-bond donors (Lipinski definition) is 2. The topological polar surface area (TPSA) is 53.4 Å². The molecule has 1 fully saturated rings. The minimum absolute atomic E-state index is 0.314. The smallest absolute Gasteiger partial charge is 0.0818 e. The van der Waals surface area contributed by atoms with Crippen molar-refractivity contribution in [1.82, 2.24) is 9.62 Å². The van der Waals surface area contributed by atoms with E-state index in [1.54, 1.807) is 0 Å². The summed E-state index contributed by atoms with van der Waals surface area (Å²) in [6, 6.07) is 29.6. The van der Waals surface area contributed by atoms with Crippen LogP contribution in [0.15, 0.2) is 103 Å². The second-order valence-corrected chi connectivity index (χ2v) is 12.8. The Bertz CT molecular complexity index is 1530. The van der Waals surface area contributed by atoms with Crippen LogP contribution in [0.1, 0.15) is 40.9 Å². The van der Waals surface area contributed by atoms with Crippen LogP contribution in [0.25, 0.3) is 0 Å². The van der Waals surface area contributed by atoms with Crippen molar-refractivity contribution in [2.75, 3.05) is 37.8 Å². The van der Waals surface area contributed by atoms with Gasteiger partial charge in [0.15, 0.2) is 0 Å². The van der Waals surface area contributed by atoms with E-state index in [0.29, 0.717) is 21.9 Å². The monoisotopic (exact) mass is 862 g/mol. The summed E-state index contributed by atoms with van der Waals surface area (Å²) in [4.78, 5) is 7.49. The van der Waals surface area contributed by atoms with Crippen LogP contribution in [0.2, 0.25) is 0 Å². The van der Waals surface area contributed by atoms with Crippen molar-refractivity contribution in [1.29, 1.82) is 0 Å². The maximum absolute atomic E-state index is 13.0. The Morgan fingerprint density at radius 2 is 1.08 bits per heavy atom. The van der Waals surface area contributed by atoms with Gasteiger partial charge >= 0.3 is 194 Å². The standard InChI is InChI=1S/C19H19B2F6N4.C15H16O2.Pt/c1-28(2)20-21(29(3)4)31(17-11-7-15(8-12-17)19(25,26)27)13-30(20)16-9-5-14(6-10-16)18(22,23)24;16-14(12-7-3-1-4-8-12)11-15(17)13-9-5-2-6-10-13;/h5-11H,1-4H3;1-10,14-17H,11H2;/q-1;;. The summed E-state index contributed by atoms with van der Waals surface area (Å²) in [6.07, 6.45) is -9.88. The SMILES string of the molecule is CN(C)B1B(N(C)C)N(c2ccc(C(F)(F)F)cc2)[C](=[Pt])N1c1[c-]cc(C(F)(F)F)cc1.OC(CC(O)c1ccccc1)c1ccccc1. The van der Waals surface area contributed by atoms with Gasteiger partial charge in [-0.3, -0.25) is 0 Å². The Kier molecular flexibility index (Phi) is 12.6. The van der Waals surface area contributed by atoms with Crippen molar-refractivity contribution >= 4 is 29.3 Å². The molecule has 1 aliphatic heterocycles. The van der Waals surface area contributed by atoms with Gasteiger partial charge in [0, 0.05) is 6.42 Å². The average Bonchev–Trinajstić information content (AvgIpc) is 3.38. The van der Waals surface area contributed by atoms with E-state index in [1.165, 1.54) is 18.2 Å². The normalized spacial score (nSPS) is 15.1. The molecule has 0 aliphatic carbocycles. The summed E-state index contributed by atoms with van der Waals surface area (Å²) < 4.78 is 78.7. The number of anilines is 2. The number of rotatable bonds is 8. The summed E-state index contributed by atoms with van der Waals surface area (Å²) >= 11 is 2.04. The molecule has 0 amide bonds. The second-order valence-electron chi connectivity index (χ2n) is 11.8. The minimum Gasteiger partial charge on any atom is -0.388 e. The molecule has 2 atom stereocenters. The molecule has 0 spiro atoms. The molecule has 0 radical (unpaired) electrons. The Hall–Kier alpha value is -3.41. The fraction of sp³-hybridized carbons (Fsp3) is 0.265. The van der Waals surface area contributed by atoms with Gasteiger partial charge in [0.05, 0.1) is 12.2 Å². The van der Waals surface area contributed by atoms with Crippen molar-refractivity contribution < 1.29 is 55.9 Å². The molecule has 1 heterocycles. The Labute approximate surface area is 294 Å². The van der Waals surface area contributed by atoms with Gasteiger partial charge in [0.25, 0.3) is 0 Å². The maximum atomic E-state index is 13.0. The molecule has 262 valence electrons. The number of alkyl halides is 6. The molecule has 0 saturated carbocycles. The van der Waals surface area contributed by atoms with E-state index in [9.17, 15) is 36.6 Å². The number of halogens is 6. The summed E-state index contributed by atoms with van der Waals surface area (Å²) in [5.41, 5.74) is 1.06. The van der Waals surface area contributed by atoms with Crippen LogP contribution in [0, 0.1) is 6.07 Å². The third-order valence-electron chi connectivity index (χ3n) is 7.89. The van der Waals surface area contributed by atoms with Crippen LogP contribution in [0.4, 0.5) is 37.7 Å². The molecular formula is C34H35B2F6N4O2Pt-. The van der Waals surface area contributed by atoms with E-state index in [0.717, 1.165) is 35.4 Å². The van der Waals surface area contributed by atoms with Gasteiger partial charge < -0.3 is 10.2 Å². The Morgan fingerprint density at radius 3 is 1.47 bits per heavy atom. The molecule has 2 N–H and O–H groups in total. The molecule has 4 aromatic rings. The van der Waals surface area contributed by atoms with Crippen LogP contribution in [-0.4, -0.2) is 65.9 Å². The molecule has 2 unspecified atom stereocenters. The number of benzene rings is 4. The molecule has 49 heavy (non-hydrogen) atoms. The van der Waals surface area contributed by atoms with Crippen molar-refractivity contribution in [3.63, 3.8) is 0 Å². The molecule has 0 bridgehead atoms. The molecule has 6 nitrogen and oxygen atoms in total. The van der Waals surface area contributed by atoms with Crippen molar-refractivity contribution in [2.24, 2.45) is 0 Å². The molecule has 5 rings (SSSR count). The third-order valence-corrected chi connectivity index (χ3v) is 8.99. The number of nitrogens with zero attached hydrogens (tertiary/aromatic N) is 4. The van der Waals surface area contributed by atoms with E-state index >= 15 is 0 Å². The quantitative estimate of drug-likeness (QED) is 0.120. The Balaban J connectivity index is 0.000000266. The van der Waals surface area contributed by atoms with Crippen LogP contribution >= 0.6 is 0 Å². The van der Waals surface area contributed by atoms with Gasteiger partial charge in [0.1, 0.15) is 0 Å². The van der Waals surface area contributed by atoms with Gasteiger partial charge in [0.2, 0.25) is 0 Å². The van der Waals surface area contributed by atoms with Gasteiger partial charge in [-0.15, -0.1) is 0 Å². The van der Waals surface area contributed by atoms with Gasteiger partial charge in [-0.2, -0.15) is 0 Å². The first-order valence-corrected chi connectivity index (χ1v) is 16.3. The first kappa shape index (κ1) is 38.4. The van der Waals surface area contributed by atoms with Crippen molar-refractivity contribution in [3.05, 3.63) is 131 Å². The number of aliphatic hydroxyl groups excluding tert-OH is 2. The average molecular weight is 862 g/mol.